The first-order chi connectivity index (χ1) is 5.68. The van der Waals surface area contributed by atoms with Gasteiger partial charge in [0.25, 0.3) is 0 Å². The Bertz CT molecular complexity index is 346. The topological polar surface area (TPSA) is 17.1 Å². The van der Waals surface area contributed by atoms with Crippen LogP contribution in [0.1, 0.15) is 15.9 Å². The minimum absolute atomic E-state index is 0.0122. The van der Waals surface area contributed by atoms with E-state index in [2.05, 4.69) is 31.9 Å². The second-order valence-corrected chi connectivity index (χ2v) is 4.86. The Balaban J connectivity index is 2.56. The Morgan fingerprint density at radius 1 is 1.42 bits per heavy atom. The highest BCUT2D eigenvalue weighted by atomic mass is 79.9. The molecule has 0 bridgehead atoms. The summed E-state index contributed by atoms with van der Waals surface area (Å²) in [4.78, 5) is 11.5. The van der Waals surface area contributed by atoms with E-state index < -0.39 is 0 Å². The van der Waals surface area contributed by atoms with E-state index in [1.165, 1.54) is 0 Å². The van der Waals surface area contributed by atoms with Crippen LogP contribution in [0.3, 0.4) is 0 Å². The predicted octanol–water partition coefficient (Wildman–Crippen LogP) is 2.95. The molecule has 0 fully saturated rings. The van der Waals surface area contributed by atoms with Gasteiger partial charge in [-0.3, -0.25) is 4.79 Å². The second kappa shape index (κ2) is 2.96. The third kappa shape index (κ3) is 1.25. The number of hydrogen-bond acceptors (Lipinski definition) is 1. The Morgan fingerprint density at radius 2 is 2.17 bits per heavy atom. The number of halogens is 2. The Labute approximate surface area is 87.4 Å². The summed E-state index contributed by atoms with van der Waals surface area (Å²) in [5.74, 6) is 0.200. The first-order valence-electron chi connectivity index (χ1n) is 3.65. The van der Waals surface area contributed by atoms with Crippen LogP contribution < -0.4 is 0 Å². The maximum atomic E-state index is 11.5. The standard InChI is InChI=1S/C9H6Br2O/c10-6-2-1-5-3-8(11)9(12)7(5)4-6/h1-2,4,8H,3H2/t8-/m0/s1. The van der Waals surface area contributed by atoms with Crippen molar-refractivity contribution >= 4 is 37.6 Å². The number of ketones is 1. The van der Waals surface area contributed by atoms with Gasteiger partial charge in [0.2, 0.25) is 0 Å². The third-order valence-electron chi connectivity index (χ3n) is 2.02. The van der Waals surface area contributed by atoms with Crippen molar-refractivity contribution in [2.24, 2.45) is 0 Å². The lowest BCUT2D eigenvalue weighted by Crippen LogP contribution is -2.05. The van der Waals surface area contributed by atoms with E-state index in [0.29, 0.717) is 0 Å². The van der Waals surface area contributed by atoms with Gasteiger partial charge in [0, 0.05) is 10.0 Å². The molecule has 0 amide bonds. The molecule has 0 heterocycles. The number of rotatable bonds is 0. The first-order valence-corrected chi connectivity index (χ1v) is 5.36. The van der Waals surface area contributed by atoms with E-state index in [1.54, 1.807) is 0 Å². The van der Waals surface area contributed by atoms with Crippen LogP contribution >= 0.6 is 31.9 Å². The molecule has 0 aromatic heterocycles. The van der Waals surface area contributed by atoms with Gasteiger partial charge >= 0.3 is 0 Å². The van der Waals surface area contributed by atoms with Crippen molar-refractivity contribution in [2.45, 2.75) is 11.2 Å². The molecule has 62 valence electrons. The van der Waals surface area contributed by atoms with Crippen LogP contribution in [0.5, 0.6) is 0 Å². The van der Waals surface area contributed by atoms with Crippen LogP contribution in [0.4, 0.5) is 0 Å². The highest BCUT2D eigenvalue weighted by Crippen LogP contribution is 2.28. The van der Waals surface area contributed by atoms with Crippen LogP contribution in [0.15, 0.2) is 22.7 Å². The van der Waals surface area contributed by atoms with Gasteiger partial charge in [-0.15, -0.1) is 0 Å². The van der Waals surface area contributed by atoms with Gasteiger partial charge in [0.15, 0.2) is 5.78 Å². The van der Waals surface area contributed by atoms with E-state index in [1.807, 2.05) is 18.2 Å². The fourth-order valence-corrected chi connectivity index (χ4v) is 2.37. The summed E-state index contributed by atoms with van der Waals surface area (Å²) >= 11 is 6.69. The van der Waals surface area contributed by atoms with Crippen molar-refractivity contribution in [3.8, 4) is 0 Å². The fraction of sp³-hybridized carbons (Fsp3) is 0.222. The molecular weight excluding hydrogens is 284 g/mol. The van der Waals surface area contributed by atoms with Gasteiger partial charge in [-0.2, -0.15) is 0 Å². The smallest absolute Gasteiger partial charge is 0.177 e. The molecular formula is C9H6Br2O. The van der Waals surface area contributed by atoms with Crippen molar-refractivity contribution in [1.82, 2.24) is 0 Å². The maximum Gasteiger partial charge on any atom is 0.177 e. The lowest BCUT2D eigenvalue weighted by atomic mass is 10.1. The summed E-state index contributed by atoms with van der Waals surface area (Å²) in [5, 5.41) is 0. The first kappa shape index (κ1) is 8.45. The fourth-order valence-electron chi connectivity index (χ4n) is 1.41. The van der Waals surface area contributed by atoms with Crippen LogP contribution in [0.25, 0.3) is 0 Å². The number of carbonyl (C=O) groups is 1. The van der Waals surface area contributed by atoms with E-state index in [9.17, 15) is 4.79 Å². The molecule has 0 N–H and O–H groups in total. The number of carbonyl (C=O) groups excluding carboxylic acids is 1. The average molecular weight is 290 g/mol. The van der Waals surface area contributed by atoms with E-state index in [4.69, 9.17) is 0 Å². The molecule has 1 atom stereocenters. The van der Waals surface area contributed by atoms with Crippen LogP contribution in [0, 0.1) is 0 Å². The molecule has 0 saturated carbocycles. The summed E-state index contributed by atoms with van der Waals surface area (Å²) in [6.45, 7) is 0. The molecule has 12 heavy (non-hydrogen) atoms. The number of Topliss-reactive ketones (excluding diaryl/α,β-unsaturated/α-hetero) is 1. The Hall–Kier alpha value is -0.150. The molecule has 1 aromatic carbocycles. The summed E-state index contributed by atoms with van der Waals surface area (Å²) < 4.78 is 0.969. The van der Waals surface area contributed by atoms with Crippen LogP contribution in [-0.4, -0.2) is 10.6 Å². The Kier molecular flexibility index (Phi) is 2.09. The zero-order valence-electron chi connectivity index (χ0n) is 6.18. The largest absolute Gasteiger partial charge is 0.293 e. The summed E-state index contributed by atoms with van der Waals surface area (Å²) in [6.07, 6.45) is 0.821. The minimum atomic E-state index is -0.0122. The molecule has 0 saturated heterocycles. The number of alkyl halides is 1. The van der Waals surface area contributed by atoms with Crippen molar-refractivity contribution in [3.05, 3.63) is 33.8 Å². The molecule has 0 radical (unpaired) electrons. The van der Waals surface area contributed by atoms with Gasteiger partial charge < -0.3 is 0 Å². The number of benzene rings is 1. The zero-order chi connectivity index (χ0) is 8.72. The monoisotopic (exact) mass is 288 g/mol. The average Bonchev–Trinajstić information content (AvgIpc) is 2.31. The van der Waals surface area contributed by atoms with Crippen molar-refractivity contribution < 1.29 is 4.79 Å². The number of fused-ring (bicyclic) bond motifs is 1. The molecule has 1 nitrogen and oxygen atoms in total. The lowest BCUT2D eigenvalue weighted by Gasteiger charge is -1.95. The van der Waals surface area contributed by atoms with Crippen LogP contribution in [0.2, 0.25) is 0 Å². The van der Waals surface area contributed by atoms with E-state index >= 15 is 0 Å². The second-order valence-electron chi connectivity index (χ2n) is 2.84. The van der Waals surface area contributed by atoms with Crippen molar-refractivity contribution in [1.29, 1.82) is 0 Å². The summed E-state index contributed by atoms with van der Waals surface area (Å²) in [5.41, 5.74) is 2.00. The molecule has 2 rings (SSSR count). The zero-order valence-corrected chi connectivity index (χ0v) is 9.35. The Morgan fingerprint density at radius 3 is 2.92 bits per heavy atom. The van der Waals surface area contributed by atoms with Gasteiger partial charge in [-0.25, -0.2) is 0 Å². The van der Waals surface area contributed by atoms with E-state index in [-0.39, 0.29) is 10.6 Å². The summed E-state index contributed by atoms with van der Waals surface area (Å²) in [6, 6.07) is 5.86. The third-order valence-corrected chi connectivity index (χ3v) is 3.25. The molecule has 1 aromatic rings. The molecule has 0 unspecified atom stereocenters. The molecule has 1 aliphatic rings. The SMILES string of the molecule is O=C1c2cc(Br)ccc2C[C@@H]1Br. The van der Waals surface area contributed by atoms with Gasteiger partial charge in [-0.1, -0.05) is 37.9 Å². The maximum absolute atomic E-state index is 11.5. The molecule has 0 aliphatic heterocycles. The van der Waals surface area contributed by atoms with Crippen molar-refractivity contribution in [2.75, 3.05) is 0 Å². The normalized spacial score (nSPS) is 21.2. The highest BCUT2D eigenvalue weighted by Gasteiger charge is 2.27. The van der Waals surface area contributed by atoms with Crippen molar-refractivity contribution in [3.63, 3.8) is 0 Å². The molecule has 0 spiro atoms. The summed E-state index contributed by atoms with van der Waals surface area (Å²) in [7, 11) is 0. The minimum Gasteiger partial charge on any atom is -0.293 e. The number of hydrogen-bond donors (Lipinski definition) is 0. The van der Waals surface area contributed by atoms with Gasteiger partial charge in [-0.05, 0) is 24.1 Å². The quantitative estimate of drug-likeness (QED) is 0.671. The molecule has 1 aliphatic carbocycles. The van der Waals surface area contributed by atoms with Gasteiger partial charge in [0.1, 0.15) is 0 Å². The highest BCUT2D eigenvalue weighted by molar-refractivity contribution is 9.10. The lowest BCUT2D eigenvalue weighted by molar-refractivity contribution is 0.100. The van der Waals surface area contributed by atoms with Crippen LogP contribution in [-0.2, 0) is 6.42 Å². The predicted molar refractivity (Wildman–Crippen MR) is 54.9 cm³/mol. The van der Waals surface area contributed by atoms with E-state index in [0.717, 1.165) is 22.0 Å². The molecule has 3 heteroatoms. The van der Waals surface area contributed by atoms with Gasteiger partial charge in [0.05, 0.1) is 4.83 Å².